The highest BCUT2D eigenvalue weighted by molar-refractivity contribution is 7.80. The van der Waals surface area contributed by atoms with Gasteiger partial charge in [0.2, 0.25) is 0 Å². The Bertz CT molecular complexity index is 1160. The maximum atomic E-state index is 13.5. The van der Waals surface area contributed by atoms with Crippen LogP contribution >= 0.6 is 12.2 Å². The minimum Gasteiger partial charge on any atom is -0.362 e. The van der Waals surface area contributed by atoms with Crippen molar-refractivity contribution in [1.29, 1.82) is 5.26 Å². The van der Waals surface area contributed by atoms with Crippen molar-refractivity contribution in [1.82, 2.24) is 20.1 Å². The number of carbonyl (C=O) groups is 2. The number of thiocarbonyl (C=S) groups is 1. The summed E-state index contributed by atoms with van der Waals surface area (Å²) in [5.74, 6) is 0.196. The molecule has 3 aliphatic heterocycles. The average Bonchev–Trinajstić information content (AvgIpc) is 3.43. The van der Waals surface area contributed by atoms with E-state index in [-0.39, 0.29) is 29.7 Å². The molecule has 2 unspecified atom stereocenters. The number of hydrogen-bond donors (Lipinski definition) is 1. The second-order valence-corrected chi connectivity index (χ2v) is 9.03. The van der Waals surface area contributed by atoms with Gasteiger partial charge in [0.05, 0.1) is 24.0 Å². The van der Waals surface area contributed by atoms with Crippen LogP contribution in [0.2, 0.25) is 0 Å². The first-order chi connectivity index (χ1) is 14.9. The molecule has 1 aromatic carbocycles. The molecule has 1 N–H and O–H groups in total. The summed E-state index contributed by atoms with van der Waals surface area (Å²) < 4.78 is 0. The van der Waals surface area contributed by atoms with Crippen LogP contribution in [0.3, 0.4) is 0 Å². The molecular weight excluding hydrogens is 412 g/mol. The highest BCUT2D eigenvalue weighted by Crippen LogP contribution is 2.43. The van der Waals surface area contributed by atoms with Gasteiger partial charge in [-0.3, -0.25) is 4.79 Å². The maximum absolute atomic E-state index is 13.5. The number of nitrogens with one attached hydrogen (secondary N) is 1. The fourth-order valence-electron chi connectivity index (χ4n) is 4.95. The van der Waals surface area contributed by atoms with E-state index in [1.807, 2.05) is 18.2 Å². The molecule has 0 aliphatic carbocycles. The van der Waals surface area contributed by atoms with Crippen molar-refractivity contribution in [2.75, 3.05) is 18.0 Å². The van der Waals surface area contributed by atoms with Gasteiger partial charge in [-0.2, -0.15) is 5.26 Å². The van der Waals surface area contributed by atoms with Crippen LogP contribution in [-0.4, -0.2) is 63.0 Å². The summed E-state index contributed by atoms with van der Waals surface area (Å²) in [7, 11) is 0. The summed E-state index contributed by atoms with van der Waals surface area (Å²) in [5, 5.41) is 14.6. The number of imide groups is 1. The Labute approximate surface area is 185 Å². The number of hydrogen-bond acceptors (Lipinski definition) is 5. The summed E-state index contributed by atoms with van der Waals surface area (Å²) >= 11 is 5.58. The summed E-state index contributed by atoms with van der Waals surface area (Å²) in [4.78, 5) is 36.1. The topological polar surface area (TPSA) is 92.6 Å². The minimum absolute atomic E-state index is 0.0483. The second-order valence-electron chi connectivity index (χ2n) is 8.65. The van der Waals surface area contributed by atoms with E-state index < -0.39 is 6.04 Å². The van der Waals surface area contributed by atoms with Gasteiger partial charge in [-0.15, -0.1) is 0 Å². The van der Waals surface area contributed by atoms with Crippen molar-refractivity contribution >= 4 is 45.7 Å². The Kier molecular flexibility index (Phi) is 4.55. The molecule has 4 heterocycles. The predicted molar refractivity (Wildman–Crippen MR) is 119 cm³/mol. The monoisotopic (exact) mass is 434 g/mol. The van der Waals surface area contributed by atoms with Crippen molar-refractivity contribution in [3.8, 4) is 6.07 Å². The first-order valence-corrected chi connectivity index (χ1v) is 10.8. The molecule has 31 heavy (non-hydrogen) atoms. The fourth-order valence-corrected chi connectivity index (χ4v) is 5.24. The van der Waals surface area contributed by atoms with Gasteiger partial charge in [0.15, 0.2) is 5.11 Å². The Balaban J connectivity index is 1.48. The molecule has 3 amide bonds. The van der Waals surface area contributed by atoms with E-state index in [1.54, 1.807) is 11.0 Å². The Morgan fingerprint density at radius 1 is 1.32 bits per heavy atom. The van der Waals surface area contributed by atoms with E-state index in [2.05, 4.69) is 35.1 Å². The predicted octanol–water partition coefficient (Wildman–Crippen LogP) is 2.23. The first kappa shape index (κ1) is 19.7. The summed E-state index contributed by atoms with van der Waals surface area (Å²) in [6.07, 6.45) is 2.19. The van der Waals surface area contributed by atoms with Gasteiger partial charge in [-0.25, -0.2) is 14.7 Å². The lowest BCUT2D eigenvalue weighted by molar-refractivity contribution is -0.120. The zero-order valence-electron chi connectivity index (χ0n) is 17.3. The van der Waals surface area contributed by atoms with Gasteiger partial charge in [-0.05, 0) is 24.6 Å². The highest BCUT2D eigenvalue weighted by atomic mass is 32.1. The number of amides is 3. The van der Waals surface area contributed by atoms with Gasteiger partial charge < -0.3 is 15.1 Å². The van der Waals surface area contributed by atoms with Crippen molar-refractivity contribution in [3.05, 3.63) is 36.2 Å². The van der Waals surface area contributed by atoms with Gasteiger partial charge in [0.25, 0.3) is 5.91 Å². The summed E-state index contributed by atoms with van der Waals surface area (Å²) in [6.45, 7) is 5.62. The molecule has 158 valence electrons. The molecule has 2 bridgehead atoms. The molecule has 0 spiro atoms. The quantitative estimate of drug-likeness (QED) is 0.585. The molecular formula is C22H22N6O2S. The number of fused-ring (bicyclic) bond motifs is 6. The maximum Gasteiger partial charge on any atom is 0.332 e. The normalized spacial score (nSPS) is 24.3. The second kappa shape index (κ2) is 7.17. The minimum atomic E-state index is -0.556. The summed E-state index contributed by atoms with van der Waals surface area (Å²) in [5.41, 5.74) is 0.692. The molecule has 3 saturated heterocycles. The van der Waals surface area contributed by atoms with Crippen molar-refractivity contribution in [2.45, 2.75) is 38.4 Å². The number of nitrogens with zero attached hydrogens (tertiary/aromatic N) is 5. The zero-order chi connectivity index (χ0) is 21.9. The van der Waals surface area contributed by atoms with Crippen molar-refractivity contribution in [3.63, 3.8) is 0 Å². The smallest absolute Gasteiger partial charge is 0.332 e. The van der Waals surface area contributed by atoms with Gasteiger partial charge in [0.1, 0.15) is 17.8 Å². The van der Waals surface area contributed by atoms with E-state index in [1.165, 1.54) is 11.1 Å². The highest BCUT2D eigenvalue weighted by Gasteiger charge is 2.62. The Hall–Kier alpha value is -3.25. The average molecular weight is 435 g/mol. The van der Waals surface area contributed by atoms with Gasteiger partial charge >= 0.3 is 6.03 Å². The SMILES string of the molecule is CC(C)CNC(=S)N1CC2CC1[C@H]1C(=O)N(c3cnc(C#N)c4ccccc34)C(=O)N21. The van der Waals surface area contributed by atoms with Crippen molar-refractivity contribution in [2.24, 2.45) is 5.92 Å². The number of piperazine rings is 1. The molecule has 8 nitrogen and oxygen atoms in total. The number of pyridine rings is 1. The standard InChI is InChI=1S/C22H22N6O2S/c1-12(2)9-25-21(31)26-11-13-7-17(26)19-20(29)28(22(30)27(13)19)18-10-24-16(8-23)14-5-3-4-6-15(14)18/h3-6,10,12-13,17,19H,7,9,11H2,1-2H3,(H,25,31)/t13?,17?,19-/m0/s1. The van der Waals surface area contributed by atoms with E-state index in [4.69, 9.17) is 12.2 Å². The van der Waals surface area contributed by atoms with Crippen molar-refractivity contribution < 1.29 is 9.59 Å². The number of urea groups is 1. The lowest BCUT2D eigenvalue weighted by Gasteiger charge is -2.36. The molecule has 5 rings (SSSR count). The van der Waals surface area contributed by atoms with E-state index in [0.29, 0.717) is 34.0 Å². The fraction of sp³-hybridized carbons (Fsp3) is 0.409. The molecule has 9 heteroatoms. The van der Waals surface area contributed by atoms with E-state index in [0.717, 1.165) is 13.0 Å². The third kappa shape index (κ3) is 2.86. The summed E-state index contributed by atoms with van der Waals surface area (Å²) in [6, 6.07) is 8.24. The van der Waals surface area contributed by atoms with Crippen LogP contribution in [0.4, 0.5) is 10.5 Å². The van der Waals surface area contributed by atoms with Crippen LogP contribution in [-0.2, 0) is 4.79 Å². The Morgan fingerprint density at radius 3 is 2.77 bits per heavy atom. The third-order valence-electron chi connectivity index (χ3n) is 6.31. The number of carbonyl (C=O) groups excluding carboxylic acids is 2. The first-order valence-electron chi connectivity index (χ1n) is 10.4. The lowest BCUT2D eigenvalue weighted by atomic mass is 10.1. The third-order valence-corrected chi connectivity index (χ3v) is 6.69. The van der Waals surface area contributed by atoms with Crippen LogP contribution in [0.5, 0.6) is 0 Å². The van der Waals surface area contributed by atoms with Crippen LogP contribution in [0.1, 0.15) is 26.0 Å². The zero-order valence-corrected chi connectivity index (χ0v) is 18.1. The van der Waals surface area contributed by atoms with Crippen LogP contribution in [0, 0.1) is 17.2 Å². The van der Waals surface area contributed by atoms with E-state index >= 15 is 0 Å². The van der Waals surface area contributed by atoms with Crippen LogP contribution in [0.15, 0.2) is 30.5 Å². The largest absolute Gasteiger partial charge is 0.362 e. The molecule has 2 aromatic rings. The Morgan fingerprint density at radius 2 is 2.06 bits per heavy atom. The lowest BCUT2D eigenvalue weighted by Crippen LogP contribution is -2.57. The number of benzene rings is 1. The molecule has 1 aromatic heterocycles. The molecule has 0 radical (unpaired) electrons. The molecule has 0 saturated carbocycles. The molecule has 3 aliphatic rings. The number of anilines is 1. The van der Waals surface area contributed by atoms with E-state index in [9.17, 15) is 14.9 Å². The van der Waals surface area contributed by atoms with Crippen LogP contribution < -0.4 is 10.2 Å². The number of aromatic nitrogens is 1. The number of rotatable bonds is 3. The van der Waals surface area contributed by atoms with Gasteiger partial charge in [-0.1, -0.05) is 38.1 Å². The number of nitriles is 1. The number of likely N-dealkylation sites (tertiary alicyclic amines) is 1. The van der Waals surface area contributed by atoms with Crippen LogP contribution in [0.25, 0.3) is 10.8 Å². The van der Waals surface area contributed by atoms with Gasteiger partial charge in [0, 0.05) is 23.9 Å². The molecule has 3 fully saturated rings. The molecule has 3 atom stereocenters.